The van der Waals surface area contributed by atoms with E-state index in [9.17, 15) is 9.59 Å². The van der Waals surface area contributed by atoms with Gasteiger partial charge in [-0.15, -0.1) is 0 Å². The molecule has 0 bridgehead atoms. The molecule has 3 atom stereocenters. The number of benzene rings is 1. The molecular weight excluding hydrogens is 446 g/mol. The fourth-order valence-corrected chi connectivity index (χ4v) is 3.12. The first-order chi connectivity index (χ1) is 15.9. The van der Waals surface area contributed by atoms with Crippen molar-refractivity contribution in [1.82, 2.24) is 0 Å². The summed E-state index contributed by atoms with van der Waals surface area (Å²) in [6.07, 6.45) is -6.40. The summed E-state index contributed by atoms with van der Waals surface area (Å²) < 4.78 is 37.5. The van der Waals surface area contributed by atoms with Gasteiger partial charge in [-0.2, -0.15) is 0 Å². The van der Waals surface area contributed by atoms with E-state index in [4.69, 9.17) is 33.2 Å². The zero-order chi connectivity index (χ0) is 25.0. The first-order valence-electron chi connectivity index (χ1n) is 11.3. The van der Waals surface area contributed by atoms with E-state index in [1.54, 1.807) is 39.8 Å². The summed E-state index contributed by atoms with van der Waals surface area (Å²) in [5, 5.41) is 0. The highest BCUT2D eigenvalue weighted by Gasteiger charge is 2.43. The maximum Gasteiger partial charge on any atom is 0.511 e. The van der Waals surface area contributed by atoms with Gasteiger partial charge in [0.25, 0.3) is 12.6 Å². The van der Waals surface area contributed by atoms with Gasteiger partial charge in [-0.25, -0.2) is 14.6 Å². The Morgan fingerprint density at radius 2 is 1.41 bits per heavy atom. The molecular formula is C24H33NO9. The third-order valence-electron chi connectivity index (χ3n) is 4.91. The molecule has 0 N–H and O–H groups in total. The molecule has 2 aliphatic heterocycles. The van der Waals surface area contributed by atoms with Crippen molar-refractivity contribution in [3.05, 3.63) is 35.4 Å². The van der Waals surface area contributed by atoms with Gasteiger partial charge >= 0.3 is 12.3 Å². The summed E-state index contributed by atoms with van der Waals surface area (Å²) in [7, 11) is 0. The maximum absolute atomic E-state index is 12.0. The molecule has 0 unspecified atom stereocenters. The second-order valence-corrected chi connectivity index (χ2v) is 9.66. The van der Waals surface area contributed by atoms with Crippen LogP contribution < -0.4 is 0 Å². The van der Waals surface area contributed by atoms with Crippen molar-refractivity contribution in [1.29, 1.82) is 0 Å². The van der Waals surface area contributed by atoms with Crippen molar-refractivity contribution in [3.8, 4) is 0 Å². The van der Waals surface area contributed by atoms with Gasteiger partial charge in [-0.3, -0.25) is 0 Å². The van der Waals surface area contributed by atoms with Crippen molar-refractivity contribution in [3.63, 3.8) is 0 Å². The molecule has 1 aromatic carbocycles. The lowest BCUT2D eigenvalue weighted by Crippen LogP contribution is -2.34. The molecule has 10 heteroatoms. The Morgan fingerprint density at radius 3 is 1.82 bits per heavy atom. The first kappa shape index (κ1) is 25.8. The second kappa shape index (κ2) is 10.6. The van der Waals surface area contributed by atoms with Crippen LogP contribution in [0.25, 0.3) is 0 Å². The molecule has 3 rings (SSSR count). The van der Waals surface area contributed by atoms with E-state index >= 15 is 0 Å². The van der Waals surface area contributed by atoms with E-state index in [2.05, 4.69) is 25.8 Å². The van der Waals surface area contributed by atoms with Crippen LogP contribution in [0.2, 0.25) is 0 Å². The largest absolute Gasteiger partial charge is 0.511 e. The molecule has 1 fully saturated rings. The molecule has 10 nitrogen and oxygen atoms in total. The van der Waals surface area contributed by atoms with E-state index in [-0.39, 0.29) is 11.5 Å². The lowest BCUT2D eigenvalue weighted by atomic mass is 9.88. The zero-order valence-corrected chi connectivity index (χ0v) is 20.6. The molecule has 0 amide bonds. The van der Waals surface area contributed by atoms with Crippen LogP contribution in [-0.2, 0) is 33.2 Å². The number of carbonyl (C=O) groups excluding carboxylic acids is 2. The maximum atomic E-state index is 12.0. The van der Waals surface area contributed by atoms with Gasteiger partial charge in [0, 0.05) is 11.1 Å². The van der Waals surface area contributed by atoms with Gasteiger partial charge < -0.3 is 33.2 Å². The average molecular weight is 480 g/mol. The number of hydrogen-bond donors (Lipinski definition) is 0. The Hall–Kier alpha value is -2.85. The van der Waals surface area contributed by atoms with E-state index in [0.29, 0.717) is 18.1 Å². The number of ether oxygens (including phenoxy) is 7. The predicted octanol–water partition coefficient (Wildman–Crippen LogP) is 4.70. The quantitative estimate of drug-likeness (QED) is 0.536. The van der Waals surface area contributed by atoms with E-state index in [0.717, 1.165) is 5.56 Å². The van der Waals surface area contributed by atoms with Crippen LogP contribution in [-0.4, -0.2) is 55.6 Å². The highest BCUT2D eigenvalue weighted by atomic mass is 16.9. The molecule has 0 radical (unpaired) electrons. The minimum absolute atomic E-state index is 0.00464. The molecule has 0 saturated carbocycles. The Balaban J connectivity index is 1.70. The van der Waals surface area contributed by atoms with E-state index in [1.165, 1.54) is 0 Å². The van der Waals surface area contributed by atoms with Crippen molar-refractivity contribution in [2.75, 3.05) is 6.61 Å². The van der Waals surface area contributed by atoms with Gasteiger partial charge in [0.05, 0.1) is 18.2 Å². The van der Waals surface area contributed by atoms with Gasteiger partial charge in [0.15, 0.2) is 6.29 Å². The van der Waals surface area contributed by atoms with Crippen LogP contribution in [0.4, 0.5) is 9.59 Å². The standard InChI is InChI=1S/C24H33NO9/c1-13(2)29-22(26)33-20-21(34-23(27)30-14(3)4)32-19(31-20)16-10-8-15(9-11-16)18-25-17(12-28-18)24(5,6)7/h8-11,13-14,17,19-21H,12H2,1-7H3/t17-,20-,21-/m1/s1. The van der Waals surface area contributed by atoms with Crippen LogP contribution in [0.1, 0.15) is 65.9 Å². The minimum Gasteiger partial charge on any atom is -0.475 e. The lowest BCUT2D eigenvalue weighted by Gasteiger charge is -2.21. The normalized spacial score (nSPS) is 23.0. The van der Waals surface area contributed by atoms with Crippen molar-refractivity contribution in [2.24, 2.45) is 10.4 Å². The number of hydrogen-bond acceptors (Lipinski definition) is 10. The summed E-state index contributed by atoms with van der Waals surface area (Å²) in [6, 6.07) is 7.28. The number of nitrogens with zero attached hydrogens (tertiary/aromatic N) is 1. The Bertz CT molecular complexity index is 857. The molecule has 1 saturated heterocycles. The molecule has 34 heavy (non-hydrogen) atoms. The topological polar surface area (TPSA) is 111 Å². The molecule has 0 spiro atoms. The van der Waals surface area contributed by atoms with Gasteiger partial charge in [-0.05, 0) is 45.2 Å². The summed E-state index contributed by atoms with van der Waals surface area (Å²) in [6.45, 7) is 13.6. The van der Waals surface area contributed by atoms with E-state index in [1.807, 2.05) is 12.1 Å². The van der Waals surface area contributed by atoms with E-state index < -0.39 is 43.4 Å². The molecule has 2 heterocycles. The van der Waals surface area contributed by atoms with Crippen LogP contribution in [0.5, 0.6) is 0 Å². The fourth-order valence-electron chi connectivity index (χ4n) is 3.12. The fraction of sp³-hybridized carbons (Fsp3) is 0.625. The van der Waals surface area contributed by atoms with Crippen molar-refractivity contribution < 1.29 is 42.7 Å². The summed E-state index contributed by atoms with van der Waals surface area (Å²) in [5.41, 5.74) is 1.43. The molecule has 2 aliphatic rings. The van der Waals surface area contributed by atoms with Crippen LogP contribution in [0.3, 0.4) is 0 Å². The Labute approximate surface area is 199 Å². The number of rotatable bonds is 6. The van der Waals surface area contributed by atoms with Crippen molar-refractivity contribution >= 4 is 18.2 Å². The molecule has 1 aromatic rings. The monoisotopic (exact) mass is 479 g/mol. The third-order valence-corrected chi connectivity index (χ3v) is 4.91. The Morgan fingerprint density at radius 1 is 0.912 bits per heavy atom. The van der Waals surface area contributed by atoms with Crippen LogP contribution >= 0.6 is 0 Å². The Kier molecular flexibility index (Phi) is 8.04. The third kappa shape index (κ3) is 6.83. The number of aliphatic imine (C=N–C) groups is 1. The van der Waals surface area contributed by atoms with Crippen LogP contribution in [0.15, 0.2) is 29.3 Å². The lowest BCUT2D eigenvalue weighted by molar-refractivity contribution is -0.163. The zero-order valence-electron chi connectivity index (χ0n) is 20.6. The van der Waals surface area contributed by atoms with Crippen LogP contribution in [0, 0.1) is 5.41 Å². The smallest absolute Gasteiger partial charge is 0.475 e. The van der Waals surface area contributed by atoms with Crippen molar-refractivity contribution in [2.45, 2.75) is 85.6 Å². The summed E-state index contributed by atoms with van der Waals surface area (Å²) in [5.74, 6) is 0.579. The summed E-state index contributed by atoms with van der Waals surface area (Å²) >= 11 is 0. The highest BCUT2D eigenvalue weighted by Crippen LogP contribution is 2.34. The van der Waals surface area contributed by atoms with Gasteiger partial charge in [0.1, 0.15) is 6.61 Å². The SMILES string of the molecule is CC(C)OC(=O)O[C@H]1OC(c2ccc(C3=N[C@@H](C(C)(C)C)CO3)cc2)O[C@@H]1OC(=O)OC(C)C. The second-order valence-electron chi connectivity index (χ2n) is 9.66. The first-order valence-corrected chi connectivity index (χ1v) is 11.3. The predicted molar refractivity (Wildman–Crippen MR) is 120 cm³/mol. The summed E-state index contributed by atoms with van der Waals surface area (Å²) in [4.78, 5) is 28.6. The number of carbonyl (C=O) groups is 2. The minimum atomic E-state index is -1.34. The molecule has 0 aliphatic carbocycles. The highest BCUT2D eigenvalue weighted by molar-refractivity contribution is 5.95. The van der Waals surface area contributed by atoms with Gasteiger partial charge in [0.2, 0.25) is 5.90 Å². The average Bonchev–Trinajstić information content (AvgIpc) is 3.35. The van der Waals surface area contributed by atoms with Gasteiger partial charge in [-0.1, -0.05) is 32.9 Å². The molecule has 0 aromatic heterocycles. The molecule has 188 valence electrons.